The van der Waals surface area contributed by atoms with Gasteiger partial charge in [0.25, 0.3) is 0 Å². The van der Waals surface area contributed by atoms with E-state index in [0.29, 0.717) is 24.6 Å². The average molecular weight is 364 g/mol. The maximum absolute atomic E-state index is 12.8. The van der Waals surface area contributed by atoms with Crippen LogP contribution in [0.3, 0.4) is 0 Å². The zero-order chi connectivity index (χ0) is 18.6. The van der Waals surface area contributed by atoms with E-state index in [-0.39, 0.29) is 5.91 Å². The first-order valence-electron chi connectivity index (χ1n) is 9.45. The van der Waals surface area contributed by atoms with Gasteiger partial charge in [-0.3, -0.25) is 9.89 Å². The van der Waals surface area contributed by atoms with E-state index in [0.717, 1.165) is 42.5 Å². The number of carbonyl (C=O) groups is 1. The SMILES string of the molecule is COc1nccc2n[nH]c(CCC(=O)N3CCCC(c4ccccc4)C3)c12. The van der Waals surface area contributed by atoms with Crippen LogP contribution in [0.15, 0.2) is 42.6 Å². The fraction of sp³-hybridized carbons (Fsp3) is 0.381. The summed E-state index contributed by atoms with van der Waals surface area (Å²) in [6.07, 6.45) is 4.92. The lowest BCUT2D eigenvalue weighted by Crippen LogP contribution is -2.39. The molecule has 1 fully saturated rings. The highest BCUT2D eigenvalue weighted by Crippen LogP contribution is 2.28. The molecule has 1 aliphatic heterocycles. The molecule has 27 heavy (non-hydrogen) atoms. The predicted molar refractivity (Wildman–Crippen MR) is 104 cm³/mol. The number of aromatic amines is 1. The molecular weight excluding hydrogens is 340 g/mol. The molecule has 3 heterocycles. The van der Waals surface area contributed by atoms with E-state index < -0.39 is 0 Å². The van der Waals surface area contributed by atoms with E-state index in [1.807, 2.05) is 17.0 Å². The largest absolute Gasteiger partial charge is 0.480 e. The van der Waals surface area contributed by atoms with Gasteiger partial charge in [0, 0.05) is 37.3 Å². The van der Waals surface area contributed by atoms with Crippen LogP contribution in [0.4, 0.5) is 0 Å². The second-order valence-electron chi connectivity index (χ2n) is 7.01. The van der Waals surface area contributed by atoms with Gasteiger partial charge in [0.15, 0.2) is 0 Å². The highest BCUT2D eigenvalue weighted by Gasteiger charge is 2.25. The Morgan fingerprint density at radius 1 is 1.30 bits per heavy atom. The lowest BCUT2D eigenvalue weighted by atomic mass is 9.90. The van der Waals surface area contributed by atoms with Crippen LogP contribution in [-0.2, 0) is 11.2 Å². The van der Waals surface area contributed by atoms with Crippen LogP contribution >= 0.6 is 0 Å². The Balaban J connectivity index is 1.42. The minimum Gasteiger partial charge on any atom is -0.480 e. The smallest absolute Gasteiger partial charge is 0.224 e. The minimum absolute atomic E-state index is 0.196. The second-order valence-corrected chi connectivity index (χ2v) is 7.01. The fourth-order valence-electron chi connectivity index (χ4n) is 3.92. The number of hydrogen-bond acceptors (Lipinski definition) is 4. The van der Waals surface area contributed by atoms with Crippen molar-refractivity contribution in [1.29, 1.82) is 0 Å². The molecule has 1 N–H and O–H groups in total. The van der Waals surface area contributed by atoms with Gasteiger partial charge in [0.1, 0.15) is 0 Å². The Bertz CT molecular complexity index is 922. The molecule has 1 aromatic carbocycles. The summed E-state index contributed by atoms with van der Waals surface area (Å²) in [5.74, 6) is 1.17. The van der Waals surface area contributed by atoms with Crippen molar-refractivity contribution in [1.82, 2.24) is 20.1 Å². The summed E-state index contributed by atoms with van der Waals surface area (Å²) in [7, 11) is 1.60. The molecule has 1 saturated heterocycles. The summed E-state index contributed by atoms with van der Waals surface area (Å²) in [6, 6.07) is 12.3. The molecule has 0 radical (unpaired) electrons. The van der Waals surface area contributed by atoms with Crippen molar-refractivity contribution < 1.29 is 9.53 Å². The number of aromatic nitrogens is 3. The number of benzene rings is 1. The van der Waals surface area contributed by atoms with Gasteiger partial charge in [0.05, 0.1) is 18.0 Å². The molecule has 1 unspecified atom stereocenters. The molecule has 6 nitrogen and oxygen atoms in total. The predicted octanol–water partition coefficient (Wildman–Crippen LogP) is 3.31. The van der Waals surface area contributed by atoms with Crippen LogP contribution < -0.4 is 4.74 Å². The lowest BCUT2D eigenvalue weighted by molar-refractivity contribution is -0.132. The number of hydrogen-bond donors (Lipinski definition) is 1. The number of nitrogens with one attached hydrogen (secondary N) is 1. The number of rotatable bonds is 5. The highest BCUT2D eigenvalue weighted by atomic mass is 16.5. The van der Waals surface area contributed by atoms with Gasteiger partial charge < -0.3 is 9.64 Å². The molecule has 4 rings (SSSR count). The zero-order valence-corrected chi connectivity index (χ0v) is 15.5. The number of pyridine rings is 1. The molecule has 6 heteroatoms. The Morgan fingerprint density at radius 2 is 2.15 bits per heavy atom. The van der Waals surface area contributed by atoms with Crippen LogP contribution in [0.5, 0.6) is 5.88 Å². The van der Waals surface area contributed by atoms with Crippen molar-refractivity contribution in [3.05, 3.63) is 53.9 Å². The van der Waals surface area contributed by atoms with Gasteiger partial charge in [-0.05, 0) is 30.9 Å². The monoisotopic (exact) mass is 364 g/mol. The van der Waals surface area contributed by atoms with Crippen molar-refractivity contribution in [2.45, 2.75) is 31.6 Å². The number of ether oxygens (including phenoxy) is 1. The van der Waals surface area contributed by atoms with Crippen LogP contribution in [-0.4, -0.2) is 46.2 Å². The maximum Gasteiger partial charge on any atom is 0.224 e. The van der Waals surface area contributed by atoms with Crippen molar-refractivity contribution in [3.63, 3.8) is 0 Å². The van der Waals surface area contributed by atoms with Crippen molar-refractivity contribution in [2.75, 3.05) is 20.2 Å². The third-order valence-electron chi connectivity index (χ3n) is 5.33. The van der Waals surface area contributed by atoms with Gasteiger partial charge in [-0.25, -0.2) is 4.98 Å². The lowest BCUT2D eigenvalue weighted by Gasteiger charge is -2.33. The molecule has 0 bridgehead atoms. The van der Waals surface area contributed by atoms with E-state index in [9.17, 15) is 4.79 Å². The van der Waals surface area contributed by atoms with Gasteiger partial charge in [0.2, 0.25) is 11.8 Å². The van der Waals surface area contributed by atoms with Gasteiger partial charge in [-0.1, -0.05) is 30.3 Å². The van der Waals surface area contributed by atoms with Crippen LogP contribution in [0, 0.1) is 0 Å². The van der Waals surface area contributed by atoms with Crippen molar-refractivity contribution in [2.24, 2.45) is 0 Å². The number of aryl methyl sites for hydroxylation is 1. The van der Waals surface area contributed by atoms with Gasteiger partial charge in [-0.15, -0.1) is 0 Å². The second kappa shape index (κ2) is 7.78. The first kappa shape index (κ1) is 17.5. The van der Waals surface area contributed by atoms with E-state index in [1.54, 1.807) is 13.3 Å². The van der Waals surface area contributed by atoms with Gasteiger partial charge in [-0.2, -0.15) is 5.10 Å². The van der Waals surface area contributed by atoms with Crippen LogP contribution in [0.1, 0.15) is 36.4 Å². The number of nitrogens with zero attached hydrogens (tertiary/aromatic N) is 3. The number of methoxy groups -OCH3 is 1. The van der Waals surface area contributed by atoms with Crippen molar-refractivity contribution >= 4 is 16.8 Å². The topological polar surface area (TPSA) is 71.1 Å². The molecule has 3 aromatic rings. The van der Waals surface area contributed by atoms with Gasteiger partial charge >= 0.3 is 0 Å². The van der Waals surface area contributed by atoms with Crippen LogP contribution in [0.2, 0.25) is 0 Å². The summed E-state index contributed by atoms with van der Waals surface area (Å²) in [6.45, 7) is 1.65. The van der Waals surface area contributed by atoms with E-state index in [4.69, 9.17) is 4.74 Å². The Labute approximate surface area is 158 Å². The minimum atomic E-state index is 0.196. The average Bonchev–Trinajstić information content (AvgIpc) is 3.16. The van der Waals surface area contributed by atoms with E-state index >= 15 is 0 Å². The fourth-order valence-corrected chi connectivity index (χ4v) is 3.92. The number of fused-ring (bicyclic) bond motifs is 1. The molecule has 1 atom stereocenters. The Morgan fingerprint density at radius 3 is 2.96 bits per heavy atom. The summed E-state index contributed by atoms with van der Waals surface area (Å²) in [5.41, 5.74) is 3.04. The van der Waals surface area contributed by atoms with E-state index in [1.165, 1.54) is 5.56 Å². The Kier molecular flexibility index (Phi) is 5.05. The summed E-state index contributed by atoms with van der Waals surface area (Å²) >= 11 is 0. The number of piperidine rings is 1. The normalized spacial score (nSPS) is 17.2. The molecule has 0 saturated carbocycles. The van der Waals surface area contributed by atoms with Crippen molar-refractivity contribution in [3.8, 4) is 5.88 Å². The van der Waals surface area contributed by atoms with Crippen LogP contribution in [0.25, 0.3) is 10.9 Å². The molecule has 0 spiro atoms. The molecule has 0 aliphatic carbocycles. The quantitative estimate of drug-likeness (QED) is 0.754. The third-order valence-corrected chi connectivity index (χ3v) is 5.33. The Hall–Kier alpha value is -2.89. The standard InChI is InChI=1S/C21H24N4O2/c1-27-21-20-17(23-24-18(20)11-12-22-21)9-10-19(26)25-13-5-8-16(14-25)15-6-3-2-4-7-15/h2-4,6-7,11-12,16H,5,8-10,13-14H2,1H3,(H,23,24). The summed E-state index contributed by atoms with van der Waals surface area (Å²) in [5, 5.41) is 8.21. The molecule has 1 amide bonds. The summed E-state index contributed by atoms with van der Waals surface area (Å²) in [4.78, 5) is 19.1. The number of carbonyl (C=O) groups excluding carboxylic acids is 1. The number of amides is 1. The highest BCUT2D eigenvalue weighted by molar-refractivity contribution is 5.86. The zero-order valence-electron chi connectivity index (χ0n) is 15.5. The molecular formula is C21H24N4O2. The number of H-pyrrole nitrogens is 1. The summed E-state index contributed by atoms with van der Waals surface area (Å²) < 4.78 is 5.35. The first-order chi connectivity index (χ1) is 13.3. The van der Waals surface area contributed by atoms with E-state index in [2.05, 4.69) is 39.4 Å². The maximum atomic E-state index is 12.8. The third kappa shape index (κ3) is 3.65. The molecule has 1 aliphatic rings. The molecule has 2 aromatic heterocycles. The molecule has 140 valence electrons. The first-order valence-corrected chi connectivity index (χ1v) is 9.45. The number of likely N-dealkylation sites (tertiary alicyclic amines) is 1.